The second-order valence-electron chi connectivity index (χ2n) is 8.70. The summed E-state index contributed by atoms with van der Waals surface area (Å²) in [7, 11) is 0. The third kappa shape index (κ3) is 14.6. The van der Waals surface area contributed by atoms with Gasteiger partial charge in [0.2, 0.25) is 18.2 Å². The lowest BCUT2D eigenvalue weighted by Crippen LogP contribution is -2.60. The van der Waals surface area contributed by atoms with Crippen molar-refractivity contribution in [2.75, 3.05) is 52.7 Å². The Morgan fingerprint density at radius 1 is 0.829 bits per heavy atom. The minimum Gasteiger partial charge on any atom is -0.378 e. The van der Waals surface area contributed by atoms with Gasteiger partial charge in [0.25, 0.3) is 0 Å². The molecule has 1 aliphatic carbocycles. The van der Waals surface area contributed by atoms with Crippen LogP contribution >= 0.6 is 0 Å². The van der Waals surface area contributed by atoms with Crippen molar-refractivity contribution in [2.45, 2.75) is 63.3 Å². The van der Waals surface area contributed by atoms with E-state index >= 15 is 0 Å². The Hall–Kier alpha value is -2.37. The van der Waals surface area contributed by atoms with E-state index in [1.54, 1.807) is 0 Å². The first-order valence-corrected chi connectivity index (χ1v) is 12.4. The van der Waals surface area contributed by atoms with Crippen LogP contribution in [0.5, 0.6) is 0 Å². The number of rotatable bonds is 22. The van der Waals surface area contributed by atoms with E-state index in [4.69, 9.17) is 14.2 Å². The van der Waals surface area contributed by atoms with E-state index in [1.165, 1.54) is 0 Å². The van der Waals surface area contributed by atoms with Gasteiger partial charge in [-0.15, -0.1) is 0 Å². The van der Waals surface area contributed by atoms with Crippen molar-refractivity contribution in [2.24, 2.45) is 5.92 Å². The van der Waals surface area contributed by atoms with Gasteiger partial charge in [0.05, 0.1) is 39.6 Å². The maximum absolute atomic E-state index is 13.0. The third-order valence-electron chi connectivity index (χ3n) is 5.64. The highest BCUT2D eigenvalue weighted by Gasteiger charge is 2.36. The molecule has 200 valence electrons. The second kappa shape index (κ2) is 19.9. The normalized spacial score (nSPS) is 14.2. The van der Waals surface area contributed by atoms with Crippen molar-refractivity contribution in [3.8, 4) is 0 Å². The van der Waals surface area contributed by atoms with Crippen molar-refractivity contribution in [1.82, 2.24) is 16.0 Å². The van der Waals surface area contributed by atoms with Gasteiger partial charge in [-0.25, -0.2) is 0 Å². The molecule has 0 aromatic rings. The maximum Gasteiger partial charge on any atom is 0.223 e. The highest BCUT2D eigenvalue weighted by molar-refractivity contribution is 5.79. The van der Waals surface area contributed by atoms with E-state index in [0.717, 1.165) is 44.7 Å². The van der Waals surface area contributed by atoms with Crippen molar-refractivity contribution < 1.29 is 38.2 Å². The van der Waals surface area contributed by atoms with Crippen LogP contribution in [0.1, 0.15) is 57.8 Å². The molecule has 3 N–H and O–H groups in total. The Kier molecular flexibility index (Phi) is 17.4. The van der Waals surface area contributed by atoms with Gasteiger partial charge in [-0.05, 0) is 19.3 Å². The molecule has 1 saturated carbocycles. The molecule has 0 aromatic heterocycles. The maximum atomic E-state index is 13.0. The molecule has 35 heavy (non-hydrogen) atoms. The Labute approximate surface area is 207 Å². The van der Waals surface area contributed by atoms with Gasteiger partial charge in [0.1, 0.15) is 18.1 Å². The minimum absolute atomic E-state index is 0.0458. The van der Waals surface area contributed by atoms with E-state index in [2.05, 4.69) is 16.0 Å². The molecule has 1 aliphatic rings. The fourth-order valence-corrected chi connectivity index (χ4v) is 3.76. The number of carbonyl (C=O) groups excluding carboxylic acids is 5. The van der Waals surface area contributed by atoms with Gasteiger partial charge in [-0.2, -0.15) is 0 Å². The van der Waals surface area contributed by atoms with Gasteiger partial charge in [-0.3, -0.25) is 14.4 Å². The number of carbonyl (C=O) groups is 5. The molecule has 1 rings (SSSR count). The Morgan fingerprint density at radius 2 is 1.43 bits per heavy atom. The van der Waals surface area contributed by atoms with Gasteiger partial charge in [0.15, 0.2) is 0 Å². The first-order valence-electron chi connectivity index (χ1n) is 12.4. The van der Waals surface area contributed by atoms with Crippen LogP contribution in [0.4, 0.5) is 0 Å². The van der Waals surface area contributed by atoms with Crippen LogP contribution in [0, 0.1) is 5.92 Å². The summed E-state index contributed by atoms with van der Waals surface area (Å²) in [6, 6.07) is 0. The van der Waals surface area contributed by atoms with E-state index in [0.29, 0.717) is 25.9 Å². The molecular formula is C24H41N3O8. The Morgan fingerprint density at radius 3 is 2.00 bits per heavy atom. The van der Waals surface area contributed by atoms with Crippen LogP contribution < -0.4 is 16.0 Å². The standard InChI is InChI=1S/C24H41N3O8/c28-12-5-14-33-17-24(18-34-15-6-13-29,27-23(32)21-7-2-1-3-8-21)19-35-16-9-22(31)26-11-4-10-25-20-30/h12-13,20-21H,1-11,14-19H2,(H,25,30)(H,26,31)(H,27,32). The highest BCUT2D eigenvalue weighted by atomic mass is 16.5. The zero-order chi connectivity index (χ0) is 25.6. The van der Waals surface area contributed by atoms with Crippen LogP contribution in [0.15, 0.2) is 0 Å². The van der Waals surface area contributed by atoms with Crippen molar-refractivity contribution >= 4 is 30.8 Å². The molecule has 3 amide bonds. The van der Waals surface area contributed by atoms with Crippen LogP contribution in [0.3, 0.4) is 0 Å². The number of amides is 3. The molecule has 11 nitrogen and oxygen atoms in total. The lowest BCUT2D eigenvalue weighted by Gasteiger charge is -2.36. The van der Waals surface area contributed by atoms with Crippen molar-refractivity contribution in [3.63, 3.8) is 0 Å². The fraction of sp³-hybridized carbons (Fsp3) is 0.792. The Bertz CT molecular complexity index is 610. The predicted molar refractivity (Wildman–Crippen MR) is 128 cm³/mol. The number of hydrogen-bond donors (Lipinski definition) is 3. The van der Waals surface area contributed by atoms with E-state index in [-0.39, 0.29) is 76.6 Å². The topological polar surface area (TPSA) is 149 Å². The second-order valence-corrected chi connectivity index (χ2v) is 8.70. The van der Waals surface area contributed by atoms with Crippen LogP contribution in [0.2, 0.25) is 0 Å². The molecule has 0 bridgehead atoms. The number of aldehydes is 2. The predicted octanol–water partition coefficient (Wildman–Crippen LogP) is 0.292. The summed E-state index contributed by atoms with van der Waals surface area (Å²) in [6.07, 6.45) is 8.11. The molecule has 11 heteroatoms. The molecule has 0 unspecified atom stereocenters. The molecule has 0 saturated heterocycles. The molecule has 0 heterocycles. The summed E-state index contributed by atoms with van der Waals surface area (Å²) < 4.78 is 17.1. The zero-order valence-corrected chi connectivity index (χ0v) is 20.6. The summed E-state index contributed by atoms with van der Waals surface area (Å²) in [6.45, 7) is 1.62. The third-order valence-corrected chi connectivity index (χ3v) is 5.64. The van der Waals surface area contributed by atoms with Crippen LogP contribution in [-0.2, 0) is 38.2 Å². The summed E-state index contributed by atoms with van der Waals surface area (Å²) in [5.74, 6) is -0.363. The molecule has 0 radical (unpaired) electrons. The summed E-state index contributed by atoms with van der Waals surface area (Å²) in [5, 5.41) is 8.35. The number of hydrogen-bond acceptors (Lipinski definition) is 8. The van der Waals surface area contributed by atoms with Crippen molar-refractivity contribution in [1.29, 1.82) is 0 Å². The molecule has 0 spiro atoms. The highest BCUT2D eigenvalue weighted by Crippen LogP contribution is 2.24. The lowest BCUT2D eigenvalue weighted by atomic mass is 9.87. The average molecular weight is 500 g/mol. The molecule has 0 atom stereocenters. The van der Waals surface area contributed by atoms with Crippen LogP contribution in [0.25, 0.3) is 0 Å². The SMILES string of the molecule is O=CCCOCC(COCCC=O)(COCCC(=O)NCCCNC=O)NC(=O)C1CCCCC1. The molecular weight excluding hydrogens is 458 g/mol. The number of ether oxygens (including phenoxy) is 3. The average Bonchev–Trinajstić information content (AvgIpc) is 2.87. The smallest absolute Gasteiger partial charge is 0.223 e. The largest absolute Gasteiger partial charge is 0.378 e. The van der Waals surface area contributed by atoms with E-state index in [9.17, 15) is 24.0 Å². The summed E-state index contributed by atoms with van der Waals surface area (Å²) in [5.41, 5.74) is -1.02. The van der Waals surface area contributed by atoms with E-state index < -0.39 is 5.54 Å². The molecule has 1 fully saturated rings. The minimum atomic E-state index is -1.02. The molecule has 0 aliphatic heterocycles. The van der Waals surface area contributed by atoms with E-state index in [1.807, 2.05) is 0 Å². The van der Waals surface area contributed by atoms with Gasteiger partial charge >= 0.3 is 0 Å². The van der Waals surface area contributed by atoms with Gasteiger partial charge in [0, 0.05) is 38.3 Å². The quantitative estimate of drug-likeness (QED) is 0.142. The number of nitrogens with one attached hydrogen (secondary N) is 3. The monoisotopic (exact) mass is 499 g/mol. The first-order chi connectivity index (χ1) is 17.1. The lowest BCUT2D eigenvalue weighted by molar-refractivity contribution is -0.133. The summed E-state index contributed by atoms with van der Waals surface area (Å²) in [4.78, 5) is 56.6. The first kappa shape index (κ1) is 30.7. The Balaban J connectivity index is 2.69. The van der Waals surface area contributed by atoms with Crippen molar-refractivity contribution in [3.05, 3.63) is 0 Å². The zero-order valence-electron chi connectivity index (χ0n) is 20.6. The molecule has 0 aromatic carbocycles. The van der Waals surface area contributed by atoms with Gasteiger partial charge < -0.3 is 39.8 Å². The summed E-state index contributed by atoms with van der Waals surface area (Å²) >= 11 is 0. The van der Waals surface area contributed by atoms with Gasteiger partial charge in [-0.1, -0.05) is 19.3 Å². The van der Waals surface area contributed by atoms with Crippen LogP contribution in [-0.4, -0.2) is 89.1 Å². The fourth-order valence-electron chi connectivity index (χ4n) is 3.76.